The Labute approximate surface area is 129 Å². The summed E-state index contributed by atoms with van der Waals surface area (Å²) in [5, 5.41) is 3.89. The van der Waals surface area contributed by atoms with Crippen molar-refractivity contribution in [3.63, 3.8) is 0 Å². The number of rotatable bonds is 6. The van der Waals surface area contributed by atoms with Gasteiger partial charge in [-0.1, -0.05) is 26.7 Å². The predicted octanol–water partition coefficient (Wildman–Crippen LogP) is 2.13. The average molecular weight is 295 g/mol. The molecule has 0 aromatic carbocycles. The number of hydrogen-bond donors (Lipinski definition) is 2. The predicted molar refractivity (Wildman–Crippen MR) is 87.0 cm³/mol. The fraction of sp³-hybridized carbons (Fsp3) is 0.941. The van der Waals surface area contributed by atoms with E-state index in [1.54, 1.807) is 0 Å². The topological polar surface area (TPSA) is 58.4 Å². The Hall–Kier alpha value is -0.610. The molecular formula is C17H33N3O. The number of hydrogen-bond acceptors (Lipinski definition) is 3. The molecule has 1 amide bonds. The number of nitrogens with zero attached hydrogens (tertiary/aromatic N) is 1. The number of nitrogens with one attached hydrogen (secondary N) is 1. The van der Waals surface area contributed by atoms with Crippen LogP contribution in [0.15, 0.2) is 0 Å². The summed E-state index contributed by atoms with van der Waals surface area (Å²) in [4.78, 5) is 13.1. The minimum atomic E-state index is -0.204. The fourth-order valence-corrected chi connectivity index (χ4v) is 4.13. The van der Waals surface area contributed by atoms with E-state index in [9.17, 15) is 4.79 Å². The molecule has 21 heavy (non-hydrogen) atoms. The van der Waals surface area contributed by atoms with E-state index in [-0.39, 0.29) is 5.91 Å². The zero-order valence-electron chi connectivity index (χ0n) is 13.8. The molecule has 1 saturated heterocycles. The summed E-state index contributed by atoms with van der Waals surface area (Å²) in [6.07, 6.45) is 9.20. The number of likely N-dealkylation sites (tertiary alicyclic amines) is 1. The van der Waals surface area contributed by atoms with Gasteiger partial charge < -0.3 is 11.1 Å². The van der Waals surface area contributed by atoms with Crippen LogP contribution in [0.25, 0.3) is 0 Å². The molecule has 0 spiro atoms. The minimum Gasteiger partial charge on any atom is -0.369 e. The van der Waals surface area contributed by atoms with Gasteiger partial charge in [-0.2, -0.15) is 0 Å². The molecule has 2 rings (SSSR count). The van der Waals surface area contributed by atoms with Crippen LogP contribution in [0.3, 0.4) is 0 Å². The Bertz CT molecular complexity index is 324. The number of piperidine rings is 1. The molecule has 1 aliphatic carbocycles. The summed E-state index contributed by atoms with van der Waals surface area (Å²) in [7, 11) is 0. The van der Waals surface area contributed by atoms with Crippen molar-refractivity contribution in [3.05, 3.63) is 0 Å². The third-order valence-electron chi connectivity index (χ3n) is 5.03. The van der Waals surface area contributed by atoms with E-state index in [0.717, 1.165) is 43.8 Å². The second-order valence-corrected chi connectivity index (χ2v) is 7.54. The maximum atomic E-state index is 11.0. The first-order valence-corrected chi connectivity index (χ1v) is 8.79. The first-order valence-electron chi connectivity index (χ1n) is 8.79. The summed E-state index contributed by atoms with van der Waals surface area (Å²) in [6, 6.07) is 1.35. The molecule has 0 bridgehead atoms. The summed E-state index contributed by atoms with van der Waals surface area (Å²) >= 11 is 0. The van der Waals surface area contributed by atoms with Crippen LogP contribution in [0.4, 0.5) is 0 Å². The number of primary amides is 1. The van der Waals surface area contributed by atoms with Gasteiger partial charge in [-0.3, -0.25) is 9.69 Å². The highest BCUT2D eigenvalue weighted by atomic mass is 16.1. The molecule has 2 aliphatic rings. The summed E-state index contributed by atoms with van der Waals surface area (Å²) in [5.74, 6) is 1.54. The molecule has 2 unspecified atom stereocenters. The Balaban J connectivity index is 1.69. The van der Waals surface area contributed by atoms with Crippen LogP contribution in [0.2, 0.25) is 0 Å². The van der Waals surface area contributed by atoms with Crippen molar-refractivity contribution in [1.82, 2.24) is 10.2 Å². The zero-order chi connectivity index (χ0) is 15.2. The molecule has 122 valence electrons. The lowest BCUT2D eigenvalue weighted by molar-refractivity contribution is -0.119. The molecule has 1 saturated carbocycles. The quantitative estimate of drug-likeness (QED) is 0.789. The summed E-state index contributed by atoms with van der Waals surface area (Å²) in [5.41, 5.74) is 5.27. The highest BCUT2D eigenvalue weighted by molar-refractivity contribution is 5.75. The number of amides is 1. The van der Waals surface area contributed by atoms with Crippen molar-refractivity contribution in [3.8, 4) is 0 Å². The Kier molecular flexibility index (Phi) is 6.49. The highest BCUT2D eigenvalue weighted by Crippen LogP contribution is 2.30. The number of carbonyl (C=O) groups is 1. The van der Waals surface area contributed by atoms with Crippen molar-refractivity contribution in [2.75, 3.05) is 19.6 Å². The average Bonchev–Trinajstić information content (AvgIpc) is 2.40. The SMILES string of the molecule is CC(C)CC1CCCC(NC2CCN(CC(N)=O)CC2)C1. The van der Waals surface area contributed by atoms with Crippen LogP contribution >= 0.6 is 0 Å². The van der Waals surface area contributed by atoms with Crippen molar-refractivity contribution >= 4 is 5.91 Å². The van der Waals surface area contributed by atoms with E-state index in [2.05, 4.69) is 24.1 Å². The maximum Gasteiger partial charge on any atom is 0.231 e. The van der Waals surface area contributed by atoms with Crippen LogP contribution in [0, 0.1) is 11.8 Å². The molecule has 4 heteroatoms. The third-order valence-corrected chi connectivity index (χ3v) is 5.03. The standard InChI is InChI=1S/C17H33N3O/c1-13(2)10-14-4-3-5-16(11-14)19-15-6-8-20(9-7-15)12-17(18)21/h13-16,19H,3-12H2,1-2H3,(H2,18,21). The van der Waals surface area contributed by atoms with Crippen LogP contribution in [-0.4, -0.2) is 42.5 Å². The van der Waals surface area contributed by atoms with E-state index in [4.69, 9.17) is 5.73 Å². The van der Waals surface area contributed by atoms with Crippen molar-refractivity contribution < 1.29 is 4.79 Å². The second-order valence-electron chi connectivity index (χ2n) is 7.54. The molecule has 1 aliphatic heterocycles. The first-order chi connectivity index (χ1) is 10.0. The van der Waals surface area contributed by atoms with Gasteiger partial charge in [0.05, 0.1) is 6.54 Å². The molecular weight excluding hydrogens is 262 g/mol. The Morgan fingerprint density at radius 2 is 1.90 bits per heavy atom. The van der Waals surface area contributed by atoms with Gasteiger partial charge in [-0.15, -0.1) is 0 Å². The molecule has 0 radical (unpaired) electrons. The molecule has 1 heterocycles. The van der Waals surface area contributed by atoms with Crippen LogP contribution in [-0.2, 0) is 4.79 Å². The molecule has 0 aromatic rings. The zero-order valence-corrected chi connectivity index (χ0v) is 13.8. The number of nitrogens with two attached hydrogens (primary N) is 1. The van der Waals surface area contributed by atoms with Gasteiger partial charge in [0.1, 0.15) is 0 Å². The smallest absolute Gasteiger partial charge is 0.231 e. The van der Waals surface area contributed by atoms with Crippen LogP contribution in [0.1, 0.15) is 58.8 Å². The van der Waals surface area contributed by atoms with Gasteiger partial charge in [0.25, 0.3) is 0 Å². The summed E-state index contributed by atoms with van der Waals surface area (Å²) < 4.78 is 0. The van der Waals surface area contributed by atoms with Gasteiger partial charge in [0, 0.05) is 25.2 Å². The first kappa shape index (κ1) is 16.8. The van der Waals surface area contributed by atoms with Gasteiger partial charge in [-0.05, 0) is 43.9 Å². The third kappa shape index (κ3) is 5.95. The largest absolute Gasteiger partial charge is 0.369 e. The molecule has 4 nitrogen and oxygen atoms in total. The van der Waals surface area contributed by atoms with Crippen molar-refractivity contribution in [2.45, 2.75) is 70.9 Å². The maximum absolute atomic E-state index is 11.0. The van der Waals surface area contributed by atoms with Crippen LogP contribution in [0.5, 0.6) is 0 Å². The Morgan fingerprint density at radius 1 is 1.19 bits per heavy atom. The van der Waals surface area contributed by atoms with E-state index in [1.807, 2.05) is 0 Å². The van der Waals surface area contributed by atoms with E-state index in [0.29, 0.717) is 12.6 Å². The highest BCUT2D eigenvalue weighted by Gasteiger charge is 2.26. The van der Waals surface area contributed by atoms with Crippen molar-refractivity contribution in [1.29, 1.82) is 0 Å². The van der Waals surface area contributed by atoms with Gasteiger partial charge in [-0.25, -0.2) is 0 Å². The van der Waals surface area contributed by atoms with Gasteiger partial charge >= 0.3 is 0 Å². The lowest BCUT2D eigenvalue weighted by Gasteiger charge is -2.37. The lowest BCUT2D eigenvalue weighted by atomic mass is 9.80. The van der Waals surface area contributed by atoms with E-state index >= 15 is 0 Å². The molecule has 0 aromatic heterocycles. The lowest BCUT2D eigenvalue weighted by Crippen LogP contribution is -2.48. The Morgan fingerprint density at radius 3 is 2.52 bits per heavy atom. The minimum absolute atomic E-state index is 0.204. The molecule has 2 fully saturated rings. The van der Waals surface area contributed by atoms with Gasteiger partial charge in [0.2, 0.25) is 5.91 Å². The number of carbonyl (C=O) groups excluding carboxylic acids is 1. The summed E-state index contributed by atoms with van der Waals surface area (Å²) in [6.45, 7) is 7.11. The van der Waals surface area contributed by atoms with Gasteiger partial charge in [0.15, 0.2) is 0 Å². The van der Waals surface area contributed by atoms with Crippen LogP contribution < -0.4 is 11.1 Å². The fourth-order valence-electron chi connectivity index (χ4n) is 4.13. The van der Waals surface area contributed by atoms with E-state index in [1.165, 1.54) is 32.1 Å². The molecule has 3 N–H and O–H groups in total. The van der Waals surface area contributed by atoms with E-state index < -0.39 is 0 Å². The second kappa shape index (κ2) is 8.14. The molecule has 2 atom stereocenters. The monoisotopic (exact) mass is 295 g/mol. The normalized spacial score (nSPS) is 28.9. The van der Waals surface area contributed by atoms with Crippen molar-refractivity contribution in [2.24, 2.45) is 17.6 Å².